The summed E-state index contributed by atoms with van der Waals surface area (Å²) in [7, 11) is -7.47. The van der Waals surface area contributed by atoms with Crippen LogP contribution in [0.3, 0.4) is 0 Å². The average Bonchev–Trinajstić information content (AvgIpc) is 2.25. The van der Waals surface area contributed by atoms with Crippen molar-refractivity contribution in [3.63, 3.8) is 0 Å². The lowest BCUT2D eigenvalue weighted by Crippen LogP contribution is -2.44. The molecular weight excluding hydrogens is 292 g/mol. The lowest BCUT2D eigenvalue weighted by atomic mass is 10.2. The van der Waals surface area contributed by atoms with Gasteiger partial charge in [-0.1, -0.05) is 0 Å². The van der Waals surface area contributed by atoms with Crippen molar-refractivity contribution in [1.29, 1.82) is 0 Å². The van der Waals surface area contributed by atoms with Crippen molar-refractivity contribution in [2.45, 2.75) is 23.5 Å². The highest BCUT2D eigenvalue weighted by molar-refractivity contribution is 7.92. The van der Waals surface area contributed by atoms with Crippen molar-refractivity contribution in [2.24, 2.45) is 0 Å². The summed E-state index contributed by atoms with van der Waals surface area (Å²) in [5.74, 6) is 0. The zero-order chi connectivity index (χ0) is 14.9. The molecule has 0 bridgehead atoms. The maximum atomic E-state index is 11.9. The van der Waals surface area contributed by atoms with Crippen LogP contribution < -0.4 is 10.2 Å². The minimum Gasteiger partial charge on any atom is -0.366 e. The molecule has 0 saturated carbocycles. The Bertz CT molecular complexity index is 716. The molecule has 19 heavy (non-hydrogen) atoms. The first-order valence-electron chi connectivity index (χ1n) is 5.34. The number of pyridine rings is 1. The topological polar surface area (TPSA) is 113 Å². The van der Waals surface area contributed by atoms with Crippen molar-refractivity contribution >= 4 is 19.9 Å². The Morgan fingerprint density at radius 3 is 2.32 bits per heavy atom. The van der Waals surface area contributed by atoms with Gasteiger partial charge in [-0.15, -0.1) is 0 Å². The van der Waals surface area contributed by atoms with E-state index in [0.29, 0.717) is 0 Å². The van der Waals surface area contributed by atoms with Crippen LogP contribution in [0.4, 0.5) is 0 Å². The van der Waals surface area contributed by atoms with Gasteiger partial charge < -0.3 is 4.98 Å². The van der Waals surface area contributed by atoms with Gasteiger partial charge in [0.1, 0.15) is 4.90 Å². The van der Waals surface area contributed by atoms with E-state index in [-0.39, 0.29) is 6.54 Å². The first-order chi connectivity index (χ1) is 8.47. The first-order valence-corrected chi connectivity index (χ1v) is 8.71. The van der Waals surface area contributed by atoms with Gasteiger partial charge in [-0.25, -0.2) is 21.6 Å². The van der Waals surface area contributed by atoms with Crippen molar-refractivity contribution in [1.82, 2.24) is 9.71 Å². The molecule has 1 rings (SSSR count). The highest BCUT2D eigenvalue weighted by Gasteiger charge is 2.32. The SMILES string of the molecule is CC(C)(CNS(=O)(=O)c1c[nH]ccc1=O)S(C)(=O)=O. The molecule has 0 fully saturated rings. The van der Waals surface area contributed by atoms with Gasteiger partial charge in [0.2, 0.25) is 15.5 Å². The zero-order valence-electron chi connectivity index (χ0n) is 10.8. The fourth-order valence-electron chi connectivity index (χ4n) is 1.09. The second kappa shape index (κ2) is 5.06. The van der Waals surface area contributed by atoms with Crippen LogP contribution in [0.5, 0.6) is 0 Å². The monoisotopic (exact) mass is 308 g/mol. The van der Waals surface area contributed by atoms with Crippen LogP contribution in [0.2, 0.25) is 0 Å². The standard InChI is InChI=1S/C10H16N2O5S2/c1-10(2,18(3,14)15)7-12-19(16,17)9-6-11-5-4-8(9)13/h4-6,12H,7H2,1-3H3,(H,11,13). The van der Waals surface area contributed by atoms with E-state index in [9.17, 15) is 21.6 Å². The van der Waals surface area contributed by atoms with E-state index in [1.807, 2.05) is 0 Å². The summed E-state index contributed by atoms with van der Waals surface area (Å²) >= 11 is 0. The smallest absolute Gasteiger partial charge is 0.245 e. The van der Waals surface area contributed by atoms with Crippen LogP contribution in [0.1, 0.15) is 13.8 Å². The lowest BCUT2D eigenvalue weighted by Gasteiger charge is -2.22. The second-order valence-electron chi connectivity index (χ2n) is 4.73. The molecule has 0 spiro atoms. The van der Waals surface area contributed by atoms with Gasteiger partial charge in [0.05, 0.1) is 4.75 Å². The van der Waals surface area contributed by atoms with Gasteiger partial charge >= 0.3 is 0 Å². The van der Waals surface area contributed by atoms with Gasteiger partial charge in [-0.2, -0.15) is 0 Å². The van der Waals surface area contributed by atoms with Crippen LogP contribution in [-0.2, 0) is 19.9 Å². The molecule has 0 saturated heterocycles. The van der Waals surface area contributed by atoms with Gasteiger partial charge in [-0.3, -0.25) is 4.79 Å². The van der Waals surface area contributed by atoms with Crippen molar-refractivity contribution in [2.75, 3.05) is 12.8 Å². The summed E-state index contributed by atoms with van der Waals surface area (Å²) < 4.78 is 47.6. The normalized spacial score (nSPS) is 13.4. The zero-order valence-corrected chi connectivity index (χ0v) is 12.4. The summed E-state index contributed by atoms with van der Waals surface area (Å²) in [5, 5.41) is 0. The quantitative estimate of drug-likeness (QED) is 0.759. The van der Waals surface area contributed by atoms with Gasteiger partial charge in [0, 0.05) is 31.3 Å². The summed E-state index contributed by atoms with van der Waals surface area (Å²) in [6.07, 6.45) is 3.39. The van der Waals surface area contributed by atoms with E-state index in [2.05, 4.69) is 9.71 Å². The van der Waals surface area contributed by atoms with Crippen LogP contribution in [0, 0.1) is 0 Å². The minimum atomic E-state index is -4.04. The minimum absolute atomic E-state index is 0.317. The third-order valence-corrected chi connectivity index (χ3v) is 6.34. The maximum absolute atomic E-state index is 11.9. The van der Waals surface area contributed by atoms with Gasteiger partial charge in [0.15, 0.2) is 9.84 Å². The number of aromatic nitrogens is 1. The third-order valence-electron chi connectivity index (χ3n) is 2.77. The van der Waals surface area contributed by atoms with E-state index < -0.39 is 34.9 Å². The van der Waals surface area contributed by atoms with Gasteiger partial charge in [-0.05, 0) is 13.8 Å². The van der Waals surface area contributed by atoms with Crippen LogP contribution in [0.15, 0.2) is 28.2 Å². The molecule has 0 aromatic carbocycles. The number of nitrogens with one attached hydrogen (secondary N) is 2. The molecule has 9 heteroatoms. The number of hydrogen-bond donors (Lipinski definition) is 2. The molecule has 1 aromatic heterocycles. The third kappa shape index (κ3) is 3.64. The number of rotatable bonds is 5. The molecule has 0 amide bonds. The molecule has 0 atom stereocenters. The Hall–Kier alpha value is -1.19. The van der Waals surface area contributed by atoms with E-state index in [0.717, 1.165) is 18.5 Å². The largest absolute Gasteiger partial charge is 0.366 e. The van der Waals surface area contributed by atoms with E-state index in [1.54, 1.807) is 0 Å². The Labute approximate surface area is 112 Å². The average molecular weight is 308 g/mol. The predicted octanol–water partition coefficient (Wildman–Crippen LogP) is -0.524. The molecule has 1 heterocycles. The summed E-state index contributed by atoms with van der Waals surface area (Å²) in [6, 6.07) is 1.08. The summed E-state index contributed by atoms with van der Waals surface area (Å²) in [5.41, 5.74) is -0.664. The maximum Gasteiger partial charge on any atom is 0.245 e. The molecular formula is C10H16N2O5S2. The van der Waals surface area contributed by atoms with Crippen molar-refractivity contribution in [3.8, 4) is 0 Å². The highest BCUT2D eigenvalue weighted by atomic mass is 32.2. The molecule has 7 nitrogen and oxygen atoms in total. The predicted molar refractivity (Wildman–Crippen MR) is 71.2 cm³/mol. The molecule has 108 valence electrons. The molecule has 1 aromatic rings. The molecule has 0 radical (unpaired) electrons. The number of H-pyrrole nitrogens is 1. The molecule has 0 unspecified atom stereocenters. The van der Waals surface area contributed by atoms with Crippen LogP contribution in [0.25, 0.3) is 0 Å². The second-order valence-corrected chi connectivity index (χ2v) is 9.11. The fourth-order valence-corrected chi connectivity index (χ4v) is 2.78. The molecule has 2 N–H and O–H groups in total. The number of sulfone groups is 1. The highest BCUT2D eigenvalue weighted by Crippen LogP contribution is 2.14. The van der Waals surface area contributed by atoms with E-state index >= 15 is 0 Å². The summed E-state index contributed by atoms with van der Waals surface area (Å²) in [4.78, 5) is 13.5. The van der Waals surface area contributed by atoms with Gasteiger partial charge in [0.25, 0.3) is 0 Å². The Balaban J connectivity index is 3.02. The van der Waals surface area contributed by atoms with Crippen molar-refractivity contribution < 1.29 is 16.8 Å². The van der Waals surface area contributed by atoms with E-state index in [1.165, 1.54) is 20.0 Å². The van der Waals surface area contributed by atoms with Crippen LogP contribution >= 0.6 is 0 Å². The van der Waals surface area contributed by atoms with Crippen LogP contribution in [-0.4, -0.2) is 39.4 Å². The number of sulfonamides is 1. The Morgan fingerprint density at radius 2 is 1.84 bits per heavy atom. The molecule has 0 aliphatic carbocycles. The summed E-state index contributed by atoms with van der Waals surface area (Å²) in [6.45, 7) is 2.49. The number of hydrogen-bond acceptors (Lipinski definition) is 5. The Kier molecular flexibility index (Phi) is 4.23. The molecule has 0 aliphatic heterocycles. The molecule has 0 aliphatic rings. The Morgan fingerprint density at radius 1 is 1.26 bits per heavy atom. The van der Waals surface area contributed by atoms with E-state index in [4.69, 9.17) is 0 Å². The fraction of sp³-hybridized carbons (Fsp3) is 0.500. The van der Waals surface area contributed by atoms with Crippen molar-refractivity contribution in [3.05, 3.63) is 28.7 Å². The first kappa shape index (κ1) is 15.9. The lowest BCUT2D eigenvalue weighted by molar-refractivity contribution is 0.536. The number of aromatic amines is 1.